The van der Waals surface area contributed by atoms with Gasteiger partial charge in [-0.3, -0.25) is 0 Å². The molecule has 1 heterocycles. The third-order valence-electron chi connectivity index (χ3n) is 2.23. The van der Waals surface area contributed by atoms with Gasteiger partial charge in [-0.05, 0) is 18.2 Å². The van der Waals surface area contributed by atoms with Crippen molar-refractivity contribution in [3.63, 3.8) is 0 Å². The van der Waals surface area contributed by atoms with Gasteiger partial charge in [-0.1, -0.05) is 11.3 Å². The number of rotatable bonds is 3. The number of carboxylic acid groups (broad SMARTS) is 1. The van der Waals surface area contributed by atoms with Crippen molar-refractivity contribution in [2.24, 2.45) is 0 Å². The lowest BCUT2D eigenvalue weighted by atomic mass is 10.1. The lowest BCUT2D eigenvalue weighted by Gasteiger charge is -2.03. The Morgan fingerprint density at radius 3 is 2.63 bits per heavy atom. The Morgan fingerprint density at radius 1 is 1.32 bits per heavy atom. The number of aromatic carboxylic acids is 1. The van der Waals surface area contributed by atoms with Crippen molar-refractivity contribution in [1.82, 2.24) is 4.98 Å². The summed E-state index contributed by atoms with van der Waals surface area (Å²) in [5.74, 6) is -1.04. The van der Waals surface area contributed by atoms with Crippen LogP contribution in [0.4, 0.5) is 10.8 Å². The molecule has 0 amide bonds. The van der Waals surface area contributed by atoms with Crippen LogP contribution in [0.1, 0.15) is 20.8 Å². The Balaban J connectivity index is 2.26. The Labute approximate surface area is 112 Å². The standard InChI is InChI=1S/C12H6N4O2S/c13-4-7-1-2-9(3-8(7)5-14)16-12-15-6-10(19-12)11(17)18/h1-3,6H,(H,15,16)(H,17,18). The highest BCUT2D eigenvalue weighted by molar-refractivity contribution is 7.17. The molecule has 0 saturated carbocycles. The molecule has 92 valence electrons. The second kappa shape index (κ2) is 5.17. The number of aromatic nitrogens is 1. The van der Waals surface area contributed by atoms with E-state index in [1.54, 1.807) is 6.07 Å². The van der Waals surface area contributed by atoms with Crippen LogP contribution in [-0.2, 0) is 0 Å². The number of hydrogen-bond acceptors (Lipinski definition) is 6. The monoisotopic (exact) mass is 270 g/mol. The molecule has 2 aromatic rings. The van der Waals surface area contributed by atoms with E-state index in [1.165, 1.54) is 18.3 Å². The molecular formula is C12H6N4O2S. The highest BCUT2D eigenvalue weighted by atomic mass is 32.1. The maximum atomic E-state index is 10.7. The van der Waals surface area contributed by atoms with E-state index >= 15 is 0 Å². The Morgan fingerprint density at radius 2 is 2.05 bits per heavy atom. The first-order valence-electron chi connectivity index (χ1n) is 5.04. The average molecular weight is 270 g/mol. The molecule has 0 aliphatic heterocycles. The van der Waals surface area contributed by atoms with Crippen LogP contribution in [0, 0.1) is 22.7 Å². The van der Waals surface area contributed by atoms with Gasteiger partial charge >= 0.3 is 5.97 Å². The quantitative estimate of drug-likeness (QED) is 0.885. The van der Waals surface area contributed by atoms with Crippen molar-refractivity contribution < 1.29 is 9.90 Å². The summed E-state index contributed by atoms with van der Waals surface area (Å²) in [5.41, 5.74) is 1.11. The van der Waals surface area contributed by atoms with Crippen molar-refractivity contribution in [3.05, 3.63) is 40.4 Å². The molecule has 0 fully saturated rings. The summed E-state index contributed by atoms with van der Waals surface area (Å²) in [6.07, 6.45) is 1.25. The summed E-state index contributed by atoms with van der Waals surface area (Å²) in [5, 5.41) is 29.8. The first-order chi connectivity index (χ1) is 9.13. The molecule has 19 heavy (non-hydrogen) atoms. The molecule has 1 aromatic heterocycles. The first kappa shape index (κ1) is 12.6. The van der Waals surface area contributed by atoms with Crippen LogP contribution in [0.2, 0.25) is 0 Å². The Kier molecular flexibility index (Phi) is 3.42. The Hall–Kier alpha value is -2.90. The largest absolute Gasteiger partial charge is 0.477 e. The predicted molar refractivity (Wildman–Crippen MR) is 68.2 cm³/mol. The van der Waals surface area contributed by atoms with E-state index in [2.05, 4.69) is 10.3 Å². The highest BCUT2D eigenvalue weighted by Crippen LogP contribution is 2.23. The molecule has 7 heteroatoms. The minimum absolute atomic E-state index is 0.122. The van der Waals surface area contributed by atoms with Crippen LogP contribution in [0.15, 0.2) is 24.4 Å². The molecule has 0 unspecified atom stereocenters. The van der Waals surface area contributed by atoms with Crippen molar-refractivity contribution in [2.45, 2.75) is 0 Å². The van der Waals surface area contributed by atoms with E-state index in [4.69, 9.17) is 15.6 Å². The van der Waals surface area contributed by atoms with E-state index in [0.717, 1.165) is 11.3 Å². The molecule has 0 aliphatic carbocycles. The van der Waals surface area contributed by atoms with Crippen LogP contribution in [0.3, 0.4) is 0 Å². The van der Waals surface area contributed by atoms with E-state index in [-0.39, 0.29) is 10.4 Å². The number of carbonyl (C=O) groups is 1. The number of hydrogen-bond donors (Lipinski definition) is 2. The molecule has 0 atom stereocenters. The molecule has 0 aliphatic rings. The molecule has 6 nitrogen and oxygen atoms in total. The fraction of sp³-hybridized carbons (Fsp3) is 0. The molecule has 0 saturated heterocycles. The first-order valence-corrected chi connectivity index (χ1v) is 5.86. The van der Waals surface area contributed by atoms with Crippen molar-refractivity contribution in [1.29, 1.82) is 10.5 Å². The van der Waals surface area contributed by atoms with Gasteiger partial charge in [0.1, 0.15) is 17.0 Å². The van der Waals surface area contributed by atoms with E-state index in [1.807, 2.05) is 12.1 Å². The van der Waals surface area contributed by atoms with Crippen molar-refractivity contribution in [2.75, 3.05) is 5.32 Å². The number of nitrogens with one attached hydrogen (secondary N) is 1. The molecule has 1 aromatic carbocycles. The summed E-state index contributed by atoms with van der Waals surface area (Å²) in [4.78, 5) is 14.7. The topological polar surface area (TPSA) is 110 Å². The number of thiazole rings is 1. The summed E-state index contributed by atoms with van der Waals surface area (Å²) >= 11 is 0.990. The summed E-state index contributed by atoms with van der Waals surface area (Å²) in [7, 11) is 0. The second-order valence-electron chi connectivity index (χ2n) is 3.44. The molecule has 2 N–H and O–H groups in total. The molecule has 0 bridgehead atoms. The Bertz CT molecular complexity index is 724. The number of carboxylic acids is 1. The van der Waals surface area contributed by atoms with E-state index in [0.29, 0.717) is 16.4 Å². The highest BCUT2D eigenvalue weighted by Gasteiger charge is 2.09. The number of anilines is 2. The predicted octanol–water partition coefficient (Wildman–Crippen LogP) is 2.33. The minimum atomic E-state index is -1.04. The van der Waals surface area contributed by atoms with Gasteiger partial charge in [0.15, 0.2) is 5.13 Å². The van der Waals surface area contributed by atoms with Crippen LogP contribution < -0.4 is 5.32 Å². The van der Waals surface area contributed by atoms with Crippen LogP contribution >= 0.6 is 11.3 Å². The maximum absolute atomic E-state index is 10.7. The van der Waals surface area contributed by atoms with Crippen molar-refractivity contribution in [3.8, 4) is 12.1 Å². The zero-order valence-corrected chi connectivity index (χ0v) is 10.2. The van der Waals surface area contributed by atoms with E-state index in [9.17, 15) is 4.79 Å². The van der Waals surface area contributed by atoms with Gasteiger partial charge in [0, 0.05) is 5.69 Å². The van der Waals surface area contributed by atoms with Gasteiger partial charge in [-0.25, -0.2) is 9.78 Å². The summed E-state index contributed by atoms with van der Waals surface area (Å²) < 4.78 is 0. The van der Waals surface area contributed by atoms with Crippen LogP contribution in [0.25, 0.3) is 0 Å². The fourth-order valence-corrected chi connectivity index (χ4v) is 2.04. The summed E-state index contributed by atoms with van der Waals surface area (Å²) in [6, 6.07) is 8.50. The lowest BCUT2D eigenvalue weighted by molar-refractivity contribution is 0.0702. The molecule has 0 radical (unpaired) electrons. The maximum Gasteiger partial charge on any atom is 0.347 e. The molecular weight excluding hydrogens is 264 g/mol. The van der Waals surface area contributed by atoms with Gasteiger partial charge < -0.3 is 10.4 Å². The van der Waals surface area contributed by atoms with Gasteiger partial charge in [0.25, 0.3) is 0 Å². The van der Waals surface area contributed by atoms with Crippen LogP contribution in [-0.4, -0.2) is 16.1 Å². The van der Waals surface area contributed by atoms with E-state index < -0.39 is 5.97 Å². The summed E-state index contributed by atoms with van der Waals surface area (Å²) in [6.45, 7) is 0. The zero-order valence-electron chi connectivity index (χ0n) is 9.41. The minimum Gasteiger partial charge on any atom is -0.477 e. The van der Waals surface area contributed by atoms with Crippen LogP contribution in [0.5, 0.6) is 0 Å². The number of nitrogens with zero attached hydrogens (tertiary/aromatic N) is 3. The third-order valence-corrected chi connectivity index (χ3v) is 3.13. The smallest absolute Gasteiger partial charge is 0.347 e. The molecule has 0 spiro atoms. The normalized spacial score (nSPS) is 9.37. The van der Waals surface area contributed by atoms with Gasteiger partial charge in [-0.2, -0.15) is 10.5 Å². The lowest BCUT2D eigenvalue weighted by Crippen LogP contribution is -1.92. The third kappa shape index (κ3) is 2.68. The number of nitriles is 2. The van der Waals surface area contributed by atoms with Crippen molar-refractivity contribution >= 4 is 28.1 Å². The van der Waals surface area contributed by atoms with Gasteiger partial charge in [0.05, 0.1) is 17.3 Å². The van der Waals surface area contributed by atoms with Gasteiger partial charge in [0.2, 0.25) is 0 Å². The average Bonchev–Trinajstić information content (AvgIpc) is 2.87. The number of benzene rings is 1. The SMILES string of the molecule is N#Cc1ccc(Nc2ncc(C(=O)O)s2)cc1C#N. The molecule has 2 rings (SSSR count). The zero-order chi connectivity index (χ0) is 13.8. The fourth-order valence-electron chi connectivity index (χ4n) is 1.37. The second-order valence-corrected chi connectivity index (χ2v) is 4.47. The van der Waals surface area contributed by atoms with Gasteiger partial charge in [-0.15, -0.1) is 0 Å².